The molecule has 4 rings (SSSR count). The summed E-state index contributed by atoms with van der Waals surface area (Å²) in [6, 6.07) is 17.1. The zero-order valence-corrected chi connectivity index (χ0v) is 17.9. The molecule has 1 fully saturated rings. The number of carbonyl (C=O) groups is 3. The minimum Gasteiger partial charge on any atom is -0.489 e. The fraction of sp³-hybridized carbons (Fsp3) is 0.0417. The van der Waals surface area contributed by atoms with E-state index in [1.54, 1.807) is 36.4 Å². The number of nitrogens with one attached hydrogen (secondary N) is 1. The minimum atomic E-state index is -0.796. The van der Waals surface area contributed by atoms with Crippen molar-refractivity contribution >= 4 is 56.3 Å². The molecular formula is C24H17BrN2O4. The number of ether oxygens (including phenoxy) is 1. The summed E-state index contributed by atoms with van der Waals surface area (Å²) in [5.74, 6) is -0.969. The van der Waals surface area contributed by atoms with Crippen LogP contribution in [0.15, 0.2) is 83.4 Å². The number of hydrogen-bond acceptors (Lipinski definition) is 4. The molecule has 1 N–H and O–H groups in total. The summed E-state index contributed by atoms with van der Waals surface area (Å²) in [4.78, 5) is 39.2. The average Bonchev–Trinajstić information content (AvgIpc) is 2.76. The number of anilines is 1. The number of rotatable bonds is 5. The molecule has 3 aromatic rings. The van der Waals surface area contributed by atoms with Crippen LogP contribution in [0.4, 0.5) is 10.5 Å². The molecule has 6 nitrogen and oxygen atoms in total. The zero-order chi connectivity index (χ0) is 22.0. The standard InChI is InChI=1S/C24H17BrN2O4/c1-2-13-31-21-12-7-15-5-3-4-6-18(15)19(21)14-20-22(28)26-24(30)27(23(20)29)17-10-8-16(25)9-11-17/h2-12,14H,1,13H2,(H,26,28,30)/b20-14+. The lowest BCUT2D eigenvalue weighted by Gasteiger charge is -2.26. The second-order valence-electron chi connectivity index (χ2n) is 6.73. The first-order chi connectivity index (χ1) is 15.0. The average molecular weight is 477 g/mol. The summed E-state index contributed by atoms with van der Waals surface area (Å²) in [5, 5.41) is 3.97. The molecule has 1 saturated heterocycles. The van der Waals surface area contributed by atoms with Gasteiger partial charge in [0.15, 0.2) is 0 Å². The van der Waals surface area contributed by atoms with Crippen molar-refractivity contribution in [3.63, 3.8) is 0 Å². The maximum Gasteiger partial charge on any atom is 0.335 e. The largest absolute Gasteiger partial charge is 0.489 e. The Bertz CT molecular complexity index is 1250. The lowest BCUT2D eigenvalue weighted by molar-refractivity contribution is -0.122. The summed E-state index contributed by atoms with van der Waals surface area (Å²) in [7, 11) is 0. The zero-order valence-electron chi connectivity index (χ0n) is 16.3. The number of nitrogens with zero attached hydrogens (tertiary/aromatic N) is 1. The first kappa shape index (κ1) is 20.6. The van der Waals surface area contributed by atoms with E-state index in [1.165, 1.54) is 6.08 Å². The van der Waals surface area contributed by atoms with Crippen LogP contribution in [-0.4, -0.2) is 24.5 Å². The molecule has 0 atom stereocenters. The molecule has 31 heavy (non-hydrogen) atoms. The van der Waals surface area contributed by atoms with Crippen LogP contribution in [0.2, 0.25) is 0 Å². The van der Waals surface area contributed by atoms with Crippen LogP contribution in [0.25, 0.3) is 16.8 Å². The van der Waals surface area contributed by atoms with Crippen LogP contribution in [0.5, 0.6) is 5.75 Å². The highest BCUT2D eigenvalue weighted by atomic mass is 79.9. The van der Waals surface area contributed by atoms with Crippen molar-refractivity contribution in [1.82, 2.24) is 5.32 Å². The maximum absolute atomic E-state index is 13.2. The van der Waals surface area contributed by atoms with Crippen LogP contribution in [0, 0.1) is 0 Å². The first-order valence-electron chi connectivity index (χ1n) is 9.42. The monoisotopic (exact) mass is 476 g/mol. The van der Waals surface area contributed by atoms with Crippen LogP contribution in [0.1, 0.15) is 5.56 Å². The fourth-order valence-electron chi connectivity index (χ4n) is 3.33. The van der Waals surface area contributed by atoms with Gasteiger partial charge in [0.25, 0.3) is 11.8 Å². The van der Waals surface area contributed by atoms with Crippen molar-refractivity contribution in [3.05, 3.63) is 88.9 Å². The van der Waals surface area contributed by atoms with Crippen molar-refractivity contribution in [2.24, 2.45) is 0 Å². The normalized spacial score (nSPS) is 15.3. The molecule has 0 aliphatic carbocycles. The predicted octanol–water partition coefficient (Wildman–Crippen LogP) is 4.83. The Morgan fingerprint density at radius 2 is 1.74 bits per heavy atom. The highest BCUT2D eigenvalue weighted by Gasteiger charge is 2.37. The smallest absolute Gasteiger partial charge is 0.335 e. The molecule has 154 valence electrons. The minimum absolute atomic E-state index is 0.165. The molecule has 0 aromatic heterocycles. The van der Waals surface area contributed by atoms with E-state index in [-0.39, 0.29) is 12.2 Å². The first-order valence-corrected chi connectivity index (χ1v) is 10.2. The summed E-state index contributed by atoms with van der Waals surface area (Å²) in [6.07, 6.45) is 3.08. The Morgan fingerprint density at radius 1 is 1.00 bits per heavy atom. The Hall–Kier alpha value is -3.71. The van der Waals surface area contributed by atoms with Gasteiger partial charge in [-0.3, -0.25) is 14.9 Å². The van der Waals surface area contributed by atoms with Gasteiger partial charge >= 0.3 is 6.03 Å². The third-order valence-electron chi connectivity index (χ3n) is 4.76. The fourth-order valence-corrected chi connectivity index (χ4v) is 3.59. The Morgan fingerprint density at radius 3 is 2.48 bits per heavy atom. The van der Waals surface area contributed by atoms with Gasteiger partial charge in [0, 0.05) is 10.0 Å². The molecule has 0 bridgehead atoms. The number of barbiturate groups is 1. The number of benzene rings is 3. The Kier molecular flexibility index (Phi) is 5.68. The van der Waals surface area contributed by atoms with Gasteiger partial charge in [-0.1, -0.05) is 58.9 Å². The number of halogens is 1. The summed E-state index contributed by atoms with van der Waals surface area (Å²) < 4.78 is 6.56. The lowest BCUT2D eigenvalue weighted by Crippen LogP contribution is -2.54. The summed E-state index contributed by atoms with van der Waals surface area (Å²) in [6.45, 7) is 3.92. The van der Waals surface area contributed by atoms with E-state index in [1.807, 2.05) is 30.3 Å². The molecule has 0 saturated carbocycles. The molecular weight excluding hydrogens is 460 g/mol. The molecule has 7 heteroatoms. The van der Waals surface area contributed by atoms with E-state index in [9.17, 15) is 14.4 Å². The van der Waals surface area contributed by atoms with Crippen molar-refractivity contribution < 1.29 is 19.1 Å². The topological polar surface area (TPSA) is 75.7 Å². The maximum atomic E-state index is 13.2. The van der Waals surface area contributed by atoms with E-state index in [4.69, 9.17) is 4.74 Å². The lowest BCUT2D eigenvalue weighted by atomic mass is 9.99. The van der Waals surface area contributed by atoms with E-state index >= 15 is 0 Å². The van der Waals surface area contributed by atoms with Gasteiger partial charge in [-0.05, 0) is 47.2 Å². The van der Waals surface area contributed by atoms with E-state index in [2.05, 4.69) is 27.8 Å². The predicted molar refractivity (Wildman–Crippen MR) is 123 cm³/mol. The molecule has 3 aromatic carbocycles. The van der Waals surface area contributed by atoms with Crippen LogP contribution < -0.4 is 15.0 Å². The highest BCUT2D eigenvalue weighted by Crippen LogP contribution is 2.32. The molecule has 1 heterocycles. The third-order valence-corrected chi connectivity index (χ3v) is 5.29. The third kappa shape index (κ3) is 4.00. The van der Waals surface area contributed by atoms with Crippen molar-refractivity contribution in [1.29, 1.82) is 0 Å². The van der Waals surface area contributed by atoms with E-state index < -0.39 is 17.8 Å². The molecule has 0 radical (unpaired) electrons. The van der Waals surface area contributed by atoms with Crippen molar-refractivity contribution in [2.45, 2.75) is 0 Å². The van der Waals surface area contributed by atoms with Crippen LogP contribution >= 0.6 is 15.9 Å². The number of fused-ring (bicyclic) bond motifs is 1. The van der Waals surface area contributed by atoms with Gasteiger partial charge < -0.3 is 4.74 Å². The van der Waals surface area contributed by atoms with E-state index in [0.717, 1.165) is 20.1 Å². The summed E-state index contributed by atoms with van der Waals surface area (Å²) >= 11 is 3.33. The quantitative estimate of drug-likeness (QED) is 0.325. The molecule has 0 unspecified atom stereocenters. The molecule has 4 amide bonds. The van der Waals surface area contributed by atoms with Gasteiger partial charge in [-0.25, -0.2) is 9.69 Å². The van der Waals surface area contributed by atoms with Gasteiger partial charge in [0.2, 0.25) is 0 Å². The second kappa shape index (κ2) is 8.57. The van der Waals surface area contributed by atoms with Crippen LogP contribution in [0.3, 0.4) is 0 Å². The molecule has 1 aliphatic heterocycles. The van der Waals surface area contributed by atoms with Gasteiger partial charge in [-0.2, -0.15) is 0 Å². The number of hydrogen-bond donors (Lipinski definition) is 1. The Balaban J connectivity index is 1.85. The van der Waals surface area contributed by atoms with E-state index in [0.29, 0.717) is 17.0 Å². The van der Waals surface area contributed by atoms with Gasteiger partial charge in [-0.15, -0.1) is 0 Å². The number of carbonyl (C=O) groups excluding carboxylic acids is 3. The Labute approximate surface area is 186 Å². The number of imide groups is 2. The number of urea groups is 1. The van der Waals surface area contributed by atoms with Crippen LogP contribution in [-0.2, 0) is 9.59 Å². The van der Waals surface area contributed by atoms with Gasteiger partial charge in [0.05, 0.1) is 5.69 Å². The van der Waals surface area contributed by atoms with Crippen molar-refractivity contribution in [3.8, 4) is 5.75 Å². The second-order valence-corrected chi connectivity index (χ2v) is 7.65. The summed E-state index contributed by atoms with van der Waals surface area (Å²) in [5.41, 5.74) is 0.760. The van der Waals surface area contributed by atoms with Gasteiger partial charge in [0.1, 0.15) is 17.9 Å². The highest BCUT2D eigenvalue weighted by molar-refractivity contribution is 9.10. The molecule has 0 spiro atoms. The van der Waals surface area contributed by atoms with Crippen molar-refractivity contribution in [2.75, 3.05) is 11.5 Å². The molecule has 1 aliphatic rings. The number of amides is 4. The SMILES string of the molecule is C=CCOc1ccc2ccccc2c1/C=C1\C(=O)NC(=O)N(c2ccc(Br)cc2)C1=O.